The number of allylic oxidation sites excluding steroid dienone is 1. The minimum atomic E-state index is -0.257. The van der Waals surface area contributed by atoms with E-state index in [0.717, 1.165) is 51.4 Å². The standard InChI is InChI=1S/C29H43NO3S/c1-17(14-26(33)30-18(2)25-6-5-13-34-25)21-7-8-22-27-23(10-12-29(21,22)4)28(3)11-9-20(31)15-19(28)16-24(27)32/h5-6,13,18-20,22-24,27,31-32H,7-12,14-16H2,1-4H3,(H,30,33)/b21-17+/t18?,19-,20+,22-,23-,24+,27-,28-,29+/m0/s1. The summed E-state index contributed by atoms with van der Waals surface area (Å²) in [5, 5.41) is 26.9. The van der Waals surface area contributed by atoms with Crippen LogP contribution in [-0.2, 0) is 4.79 Å². The maximum atomic E-state index is 12.9. The van der Waals surface area contributed by atoms with Crippen molar-refractivity contribution in [3.8, 4) is 0 Å². The van der Waals surface area contributed by atoms with E-state index in [9.17, 15) is 15.0 Å². The van der Waals surface area contributed by atoms with Crippen LogP contribution in [0.3, 0.4) is 0 Å². The Kier molecular flexibility index (Phi) is 6.52. The lowest BCUT2D eigenvalue weighted by Gasteiger charge is -2.61. The van der Waals surface area contributed by atoms with E-state index in [0.29, 0.717) is 30.1 Å². The van der Waals surface area contributed by atoms with Crippen LogP contribution in [-0.4, -0.2) is 28.3 Å². The Hall–Kier alpha value is -1.17. The number of aliphatic hydroxyl groups excluding tert-OH is 2. The Morgan fingerprint density at radius 1 is 1.18 bits per heavy atom. The van der Waals surface area contributed by atoms with Gasteiger partial charge in [0.15, 0.2) is 0 Å². The zero-order valence-corrected chi connectivity index (χ0v) is 22.2. The van der Waals surface area contributed by atoms with E-state index in [1.54, 1.807) is 11.3 Å². The van der Waals surface area contributed by atoms with E-state index in [1.807, 2.05) is 6.07 Å². The number of aliphatic hydroxyl groups is 2. The van der Waals surface area contributed by atoms with E-state index >= 15 is 0 Å². The summed E-state index contributed by atoms with van der Waals surface area (Å²) in [7, 11) is 0. The zero-order chi connectivity index (χ0) is 24.3. The van der Waals surface area contributed by atoms with E-state index < -0.39 is 0 Å². The van der Waals surface area contributed by atoms with Crippen molar-refractivity contribution < 1.29 is 15.0 Å². The Morgan fingerprint density at radius 3 is 2.71 bits per heavy atom. The van der Waals surface area contributed by atoms with E-state index in [1.165, 1.54) is 16.0 Å². The molecule has 0 aliphatic heterocycles. The molecule has 3 N–H and O–H groups in total. The lowest BCUT2D eigenvalue weighted by molar-refractivity contribution is -0.165. The Morgan fingerprint density at radius 2 is 1.97 bits per heavy atom. The fourth-order valence-corrected chi connectivity index (χ4v) is 9.70. The first-order chi connectivity index (χ1) is 16.1. The number of fused-ring (bicyclic) bond motifs is 5. The molecule has 4 nitrogen and oxygen atoms in total. The number of hydrogen-bond acceptors (Lipinski definition) is 4. The first kappa shape index (κ1) is 24.5. The van der Waals surface area contributed by atoms with E-state index in [2.05, 4.69) is 44.5 Å². The van der Waals surface area contributed by atoms with Gasteiger partial charge in [-0.3, -0.25) is 4.79 Å². The molecular formula is C29H43NO3S. The topological polar surface area (TPSA) is 69.6 Å². The molecule has 1 aromatic heterocycles. The van der Waals surface area contributed by atoms with Gasteiger partial charge in [0, 0.05) is 11.3 Å². The number of hydrogen-bond donors (Lipinski definition) is 3. The molecule has 1 amide bonds. The molecule has 4 saturated carbocycles. The molecule has 0 saturated heterocycles. The number of thiophene rings is 1. The first-order valence-corrected chi connectivity index (χ1v) is 14.4. The summed E-state index contributed by atoms with van der Waals surface area (Å²) in [6, 6.07) is 4.16. The molecule has 0 bridgehead atoms. The SMILES string of the molecule is C/C(CC(=O)NC(C)c1cccs1)=C1/CC[C@H]2[C@@H]3[C@H](O)C[C@@H]4C[C@H](O)CC[C@]4(C)[C@H]3CC[C@]12C. The molecule has 5 heteroatoms. The Labute approximate surface area is 209 Å². The third kappa shape index (κ3) is 4.00. The van der Waals surface area contributed by atoms with Crippen LogP contribution in [0.5, 0.6) is 0 Å². The highest BCUT2D eigenvalue weighted by Crippen LogP contribution is 2.67. The second-order valence-electron chi connectivity index (χ2n) is 12.5. The third-order valence-electron chi connectivity index (χ3n) is 10.7. The fourth-order valence-electron chi connectivity index (χ4n) is 8.96. The average Bonchev–Trinajstić information content (AvgIpc) is 3.42. The molecule has 34 heavy (non-hydrogen) atoms. The molecule has 188 valence electrons. The summed E-state index contributed by atoms with van der Waals surface area (Å²) in [5.41, 5.74) is 3.09. The van der Waals surface area contributed by atoms with Crippen LogP contribution in [0.2, 0.25) is 0 Å². The number of carbonyl (C=O) groups excluding carboxylic acids is 1. The highest BCUT2D eigenvalue weighted by atomic mass is 32.1. The van der Waals surface area contributed by atoms with Crippen molar-refractivity contribution in [2.75, 3.05) is 0 Å². The van der Waals surface area contributed by atoms with Crippen LogP contribution >= 0.6 is 11.3 Å². The summed E-state index contributed by atoms with van der Waals surface area (Å²) < 4.78 is 0. The lowest BCUT2D eigenvalue weighted by Crippen LogP contribution is -2.58. The van der Waals surface area contributed by atoms with Gasteiger partial charge in [-0.05, 0) is 111 Å². The van der Waals surface area contributed by atoms with Gasteiger partial charge in [0.05, 0.1) is 18.2 Å². The van der Waals surface area contributed by atoms with Crippen molar-refractivity contribution in [2.45, 2.75) is 104 Å². The summed E-state index contributed by atoms with van der Waals surface area (Å²) in [6.07, 6.45) is 8.28. The molecule has 4 aliphatic rings. The average molecular weight is 486 g/mol. The fraction of sp³-hybridized carbons (Fsp3) is 0.759. The van der Waals surface area contributed by atoms with Crippen molar-refractivity contribution in [3.63, 3.8) is 0 Å². The molecule has 0 aromatic carbocycles. The number of nitrogens with one attached hydrogen (secondary N) is 1. The van der Waals surface area contributed by atoms with Gasteiger partial charge >= 0.3 is 0 Å². The highest BCUT2D eigenvalue weighted by molar-refractivity contribution is 7.10. The minimum absolute atomic E-state index is 0.0488. The van der Waals surface area contributed by atoms with Crippen molar-refractivity contribution in [1.82, 2.24) is 5.32 Å². The first-order valence-electron chi connectivity index (χ1n) is 13.5. The van der Waals surface area contributed by atoms with Crippen LogP contribution in [0, 0.1) is 34.5 Å². The Bertz CT molecular complexity index is 941. The van der Waals surface area contributed by atoms with Crippen LogP contribution in [0.25, 0.3) is 0 Å². The molecule has 4 aliphatic carbocycles. The molecular weight excluding hydrogens is 442 g/mol. The summed E-state index contributed by atoms with van der Waals surface area (Å²) >= 11 is 1.69. The second kappa shape index (κ2) is 9.05. The number of rotatable bonds is 4. The van der Waals surface area contributed by atoms with Crippen molar-refractivity contribution in [2.24, 2.45) is 34.5 Å². The third-order valence-corrected chi connectivity index (χ3v) is 11.8. The largest absolute Gasteiger partial charge is 0.393 e. The molecule has 4 fully saturated rings. The quantitative estimate of drug-likeness (QED) is 0.458. The van der Waals surface area contributed by atoms with Crippen molar-refractivity contribution >= 4 is 17.2 Å². The highest BCUT2D eigenvalue weighted by Gasteiger charge is 2.61. The molecule has 5 rings (SSSR count). The predicted molar refractivity (Wildman–Crippen MR) is 137 cm³/mol. The molecule has 1 unspecified atom stereocenters. The van der Waals surface area contributed by atoms with Gasteiger partial charge in [-0.1, -0.05) is 31.1 Å². The van der Waals surface area contributed by atoms with E-state index in [4.69, 9.17) is 0 Å². The summed E-state index contributed by atoms with van der Waals surface area (Å²) in [5.74, 6) is 1.98. The van der Waals surface area contributed by atoms with Crippen molar-refractivity contribution in [1.29, 1.82) is 0 Å². The van der Waals surface area contributed by atoms with Crippen LogP contribution in [0.15, 0.2) is 28.7 Å². The normalized spacial score (nSPS) is 43.9. The van der Waals surface area contributed by atoms with Crippen LogP contribution in [0.1, 0.15) is 96.4 Å². The van der Waals surface area contributed by atoms with Crippen molar-refractivity contribution in [3.05, 3.63) is 33.5 Å². The smallest absolute Gasteiger partial charge is 0.224 e. The molecule has 1 aromatic rings. The van der Waals surface area contributed by atoms with Gasteiger partial charge in [-0.15, -0.1) is 11.3 Å². The minimum Gasteiger partial charge on any atom is -0.393 e. The summed E-state index contributed by atoms with van der Waals surface area (Å²) in [4.78, 5) is 14.1. The molecule has 9 atom stereocenters. The zero-order valence-electron chi connectivity index (χ0n) is 21.3. The number of carbonyl (C=O) groups is 1. The van der Waals surface area contributed by atoms with Gasteiger partial charge in [-0.25, -0.2) is 0 Å². The maximum Gasteiger partial charge on any atom is 0.224 e. The Balaban J connectivity index is 1.33. The van der Waals surface area contributed by atoms with Gasteiger partial charge < -0.3 is 15.5 Å². The van der Waals surface area contributed by atoms with E-state index in [-0.39, 0.29) is 35.0 Å². The predicted octanol–water partition coefficient (Wildman–Crippen LogP) is 6.01. The maximum absolute atomic E-state index is 12.9. The number of amides is 1. The van der Waals surface area contributed by atoms with Gasteiger partial charge in [0.25, 0.3) is 0 Å². The van der Waals surface area contributed by atoms with Crippen LogP contribution < -0.4 is 5.32 Å². The summed E-state index contributed by atoms with van der Waals surface area (Å²) in [6.45, 7) is 9.12. The molecule has 1 heterocycles. The molecule has 0 spiro atoms. The second-order valence-corrected chi connectivity index (χ2v) is 13.4. The lowest BCUT2D eigenvalue weighted by atomic mass is 9.44. The van der Waals surface area contributed by atoms with Gasteiger partial charge in [0.1, 0.15) is 0 Å². The van der Waals surface area contributed by atoms with Crippen LogP contribution in [0.4, 0.5) is 0 Å². The van der Waals surface area contributed by atoms with Gasteiger partial charge in [-0.2, -0.15) is 0 Å². The van der Waals surface area contributed by atoms with Gasteiger partial charge in [0.2, 0.25) is 5.91 Å². The monoisotopic (exact) mass is 485 g/mol. The molecule has 0 radical (unpaired) electrons.